The molecule has 2 aromatic rings. The number of sulfonamides is 1. The first-order valence-corrected chi connectivity index (χ1v) is 8.36. The van der Waals surface area contributed by atoms with Crippen LogP contribution in [0, 0.1) is 0 Å². The van der Waals surface area contributed by atoms with Crippen molar-refractivity contribution in [3.05, 3.63) is 58.6 Å². The van der Waals surface area contributed by atoms with Gasteiger partial charge in [-0.15, -0.1) is 0 Å². The molecule has 0 heterocycles. The smallest absolute Gasteiger partial charge is 0.238 e. The Balaban J connectivity index is 2.03. The van der Waals surface area contributed by atoms with Gasteiger partial charge in [-0.3, -0.25) is 4.79 Å². The van der Waals surface area contributed by atoms with E-state index in [1.807, 2.05) is 24.3 Å². The maximum atomic E-state index is 11.9. The molecule has 0 aliphatic heterocycles. The van der Waals surface area contributed by atoms with Gasteiger partial charge in [0.1, 0.15) is 0 Å². The molecular weight excluding hydrogens is 356 g/mol. The number of hydrogen-bond acceptors (Lipinski definition) is 3. The number of carbonyl (C=O) groups excluding carboxylic acids is 1. The van der Waals surface area contributed by atoms with Gasteiger partial charge >= 0.3 is 0 Å². The van der Waals surface area contributed by atoms with E-state index >= 15 is 0 Å². The maximum absolute atomic E-state index is 11.9. The number of nitrogens with one attached hydrogen (secondary N) is 1. The first-order valence-electron chi connectivity index (χ1n) is 6.02. The molecular formula is C14H13BrN2O3S. The van der Waals surface area contributed by atoms with Crippen molar-refractivity contribution in [1.82, 2.24) is 0 Å². The summed E-state index contributed by atoms with van der Waals surface area (Å²) in [7, 11) is -3.72. The third kappa shape index (κ3) is 4.66. The Bertz CT molecular complexity index is 758. The highest BCUT2D eigenvalue weighted by Gasteiger charge is 2.08. The Morgan fingerprint density at radius 3 is 2.38 bits per heavy atom. The normalized spacial score (nSPS) is 11.1. The maximum Gasteiger partial charge on any atom is 0.238 e. The van der Waals surface area contributed by atoms with Gasteiger partial charge in [0.05, 0.1) is 11.3 Å². The minimum Gasteiger partial charge on any atom is -0.326 e. The average molecular weight is 369 g/mol. The summed E-state index contributed by atoms with van der Waals surface area (Å²) < 4.78 is 23.2. The summed E-state index contributed by atoms with van der Waals surface area (Å²) in [6.07, 6.45) is 0.233. The molecule has 0 bridgehead atoms. The van der Waals surface area contributed by atoms with Crippen LogP contribution < -0.4 is 10.5 Å². The molecule has 1 amide bonds. The van der Waals surface area contributed by atoms with Crippen LogP contribution in [-0.2, 0) is 21.2 Å². The van der Waals surface area contributed by atoms with Crippen LogP contribution in [0.25, 0.3) is 0 Å². The molecule has 0 atom stereocenters. The van der Waals surface area contributed by atoms with Crippen molar-refractivity contribution in [2.45, 2.75) is 11.3 Å². The highest BCUT2D eigenvalue weighted by atomic mass is 79.9. The van der Waals surface area contributed by atoms with E-state index in [1.54, 1.807) is 0 Å². The molecule has 5 nitrogen and oxygen atoms in total. The van der Waals surface area contributed by atoms with Gasteiger partial charge in [0, 0.05) is 10.2 Å². The Hall–Kier alpha value is -1.70. The summed E-state index contributed by atoms with van der Waals surface area (Å²) in [6.45, 7) is 0. The van der Waals surface area contributed by atoms with Crippen LogP contribution in [0.3, 0.4) is 0 Å². The van der Waals surface area contributed by atoms with E-state index in [2.05, 4.69) is 21.2 Å². The minimum absolute atomic E-state index is 0.00693. The molecule has 2 aromatic carbocycles. The van der Waals surface area contributed by atoms with E-state index in [9.17, 15) is 13.2 Å². The highest BCUT2D eigenvalue weighted by molar-refractivity contribution is 9.10. The molecule has 0 aliphatic rings. The first-order chi connectivity index (χ1) is 9.84. The second-order valence-electron chi connectivity index (χ2n) is 4.42. The zero-order valence-corrected chi connectivity index (χ0v) is 13.3. The molecule has 0 fully saturated rings. The first kappa shape index (κ1) is 15.7. The summed E-state index contributed by atoms with van der Waals surface area (Å²) in [6, 6.07) is 13.2. The number of halogens is 1. The van der Waals surface area contributed by atoms with E-state index < -0.39 is 10.0 Å². The van der Waals surface area contributed by atoms with Gasteiger partial charge in [-0.05, 0) is 42.0 Å². The van der Waals surface area contributed by atoms with Crippen molar-refractivity contribution >= 4 is 37.5 Å². The lowest BCUT2D eigenvalue weighted by atomic mass is 10.1. The largest absolute Gasteiger partial charge is 0.326 e. The quantitative estimate of drug-likeness (QED) is 0.867. The van der Waals surface area contributed by atoms with Gasteiger partial charge < -0.3 is 5.32 Å². The van der Waals surface area contributed by atoms with Crippen LogP contribution in [-0.4, -0.2) is 14.3 Å². The number of anilines is 1. The van der Waals surface area contributed by atoms with Gasteiger partial charge in [-0.25, -0.2) is 13.6 Å². The van der Waals surface area contributed by atoms with Crippen LogP contribution in [0.2, 0.25) is 0 Å². The van der Waals surface area contributed by atoms with Gasteiger partial charge in [-0.1, -0.05) is 28.1 Å². The lowest BCUT2D eigenvalue weighted by Gasteiger charge is -2.06. The lowest BCUT2D eigenvalue weighted by Crippen LogP contribution is -2.15. The third-order valence-corrected chi connectivity index (χ3v) is 4.14. The molecule has 0 aliphatic carbocycles. The van der Waals surface area contributed by atoms with Crippen LogP contribution in [0.1, 0.15) is 5.56 Å². The van der Waals surface area contributed by atoms with Crippen molar-refractivity contribution in [3.63, 3.8) is 0 Å². The van der Waals surface area contributed by atoms with E-state index in [-0.39, 0.29) is 17.2 Å². The van der Waals surface area contributed by atoms with Crippen molar-refractivity contribution in [2.24, 2.45) is 5.14 Å². The van der Waals surface area contributed by atoms with Gasteiger partial charge in [0.25, 0.3) is 0 Å². The molecule has 0 unspecified atom stereocenters. The summed E-state index contributed by atoms with van der Waals surface area (Å²) >= 11 is 3.34. The standard InChI is InChI=1S/C14H13BrN2O3S/c15-11-3-1-2-10(8-11)9-14(18)17-12-4-6-13(7-5-12)21(16,19)20/h1-8H,9H2,(H,17,18)(H2,16,19,20). The van der Waals surface area contributed by atoms with Crippen LogP contribution in [0.15, 0.2) is 57.9 Å². The molecule has 3 N–H and O–H groups in total. The summed E-state index contributed by atoms with van der Waals surface area (Å²) in [5.74, 6) is -0.184. The van der Waals surface area contributed by atoms with Crippen LogP contribution in [0.4, 0.5) is 5.69 Å². The van der Waals surface area contributed by atoms with Gasteiger partial charge in [-0.2, -0.15) is 0 Å². The van der Waals surface area contributed by atoms with Crippen molar-refractivity contribution < 1.29 is 13.2 Å². The zero-order chi connectivity index (χ0) is 15.5. The second-order valence-corrected chi connectivity index (χ2v) is 6.90. The average Bonchev–Trinajstić information content (AvgIpc) is 2.38. The van der Waals surface area contributed by atoms with E-state index in [1.165, 1.54) is 24.3 Å². The monoisotopic (exact) mass is 368 g/mol. The molecule has 0 aromatic heterocycles. The van der Waals surface area contributed by atoms with Crippen molar-refractivity contribution in [2.75, 3.05) is 5.32 Å². The lowest BCUT2D eigenvalue weighted by molar-refractivity contribution is -0.115. The van der Waals surface area contributed by atoms with Crippen LogP contribution in [0.5, 0.6) is 0 Å². The van der Waals surface area contributed by atoms with E-state index in [0.29, 0.717) is 5.69 Å². The fourth-order valence-corrected chi connectivity index (χ4v) is 2.73. The molecule has 7 heteroatoms. The molecule has 2 rings (SSSR count). The number of hydrogen-bond donors (Lipinski definition) is 2. The highest BCUT2D eigenvalue weighted by Crippen LogP contribution is 2.15. The molecule has 110 valence electrons. The van der Waals surface area contributed by atoms with E-state index in [0.717, 1.165) is 10.0 Å². The minimum atomic E-state index is -3.72. The Morgan fingerprint density at radius 1 is 1.14 bits per heavy atom. The summed E-state index contributed by atoms with van der Waals surface area (Å²) in [5.41, 5.74) is 1.39. The number of rotatable bonds is 4. The topological polar surface area (TPSA) is 89.3 Å². The molecule has 0 radical (unpaired) electrons. The number of primary sulfonamides is 1. The third-order valence-electron chi connectivity index (χ3n) is 2.72. The second kappa shape index (κ2) is 6.38. The van der Waals surface area contributed by atoms with Gasteiger partial charge in [0.15, 0.2) is 0 Å². The fourth-order valence-electron chi connectivity index (χ4n) is 1.77. The zero-order valence-electron chi connectivity index (χ0n) is 10.9. The summed E-state index contributed by atoms with van der Waals surface area (Å²) in [5, 5.41) is 7.70. The number of amides is 1. The SMILES string of the molecule is NS(=O)(=O)c1ccc(NC(=O)Cc2cccc(Br)c2)cc1. The molecule has 0 saturated heterocycles. The predicted molar refractivity (Wildman–Crippen MR) is 84.3 cm³/mol. The molecule has 0 spiro atoms. The van der Waals surface area contributed by atoms with Gasteiger partial charge in [0.2, 0.25) is 15.9 Å². The number of carbonyl (C=O) groups is 1. The predicted octanol–water partition coefficient (Wildman–Crippen LogP) is 2.28. The molecule has 0 saturated carbocycles. The summed E-state index contributed by atoms with van der Waals surface area (Å²) in [4.78, 5) is 11.9. The van der Waals surface area contributed by atoms with Crippen LogP contribution >= 0.6 is 15.9 Å². The Kier molecular flexibility index (Phi) is 4.76. The number of benzene rings is 2. The molecule has 21 heavy (non-hydrogen) atoms. The van der Waals surface area contributed by atoms with Crippen molar-refractivity contribution in [1.29, 1.82) is 0 Å². The fraction of sp³-hybridized carbons (Fsp3) is 0.0714. The van der Waals surface area contributed by atoms with Crippen molar-refractivity contribution in [3.8, 4) is 0 Å². The number of nitrogens with two attached hydrogens (primary N) is 1. The Morgan fingerprint density at radius 2 is 1.81 bits per heavy atom. The van der Waals surface area contributed by atoms with E-state index in [4.69, 9.17) is 5.14 Å². The Labute approximate surface area is 131 Å².